The molecule has 344 valence electrons. The van der Waals surface area contributed by atoms with Crippen LogP contribution in [0.25, 0.3) is 0 Å². The fourth-order valence-electron chi connectivity index (χ4n) is 7.92. The van der Waals surface area contributed by atoms with Gasteiger partial charge in [0.25, 0.3) is 0 Å². The average Bonchev–Trinajstić information content (AvgIpc) is 3.22. The summed E-state index contributed by atoms with van der Waals surface area (Å²) in [5, 5.41) is 0. The van der Waals surface area contributed by atoms with Gasteiger partial charge in [-0.1, -0.05) is 258 Å². The first-order chi connectivity index (χ1) is 28.5. The summed E-state index contributed by atoms with van der Waals surface area (Å²) in [7, 11) is 0. The molecular formula is C52H100O6. The summed E-state index contributed by atoms with van der Waals surface area (Å²) in [6.07, 6.45) is 50.8. The van der Waals surface area contributed by atoms with Crippen LogP contribution in [0.3, 0.4) is 0 Å². The molecule has 58 heavy (non-hydrogen) atoms. The van der Waals surface area contributed by atoms with Gasteiger partial charge in [0, 0.05) is 19.3 Å². The maximum Gasteiger partial charge on any atom is 0.306 e. The van der Waals surface area contributed by atoms with E-state index in [1.165, 1.54) is 199 Å². The quantitative estimate of drug-likeness (QED) is 0.0346. The lowest BCUT2D eigenvalue weighted by atomic mass is 10.0. The van der Waals surface area contributed by atoms with Crippen LogP contribution in [0.1, 0.15) is 297 Å². The van der Waals surface area contributed by atoms with Crippen molar-refractivity contribution in [2.24, 2.45) is 0 Å². The van der Waals surface area contributed by atoms with E-state index in [2.05, 4.69) is 20.8 Å². The maximum absolute atomic E-state index is 12.8. The molecule has 0 heterocycles. The van der Waals surface area contributed by atoms with Crippen LogP contribution in [0.5, 0.6) is 0 Å². The molecule has 0 bridgehead atoms. The Kier molecular flexibility index (Phi) is 46.8. The van der Waals surface area contributed by atoms with Gasteiger partial charge in [-0.2, -0.15) is 0 Å². The summed E-state index contributed by atoms with van der Waals surface area (Å²) < 4.78 is 16.8. The van der Waals surface area contributed by atoms with Crippen molar-refractivity contribution >= 4 is 17.9 Å². The fraction of sp³-hybridized carbons (Fsp3) is 0.942. The van der Waals surface area contributed by atoms with Crippen molar-refractivity contribution in [3.63, 3.8) is 0 Å². The summed E-state index contributed by atoms with van der Waals surface area (Å²) in [5.41, 5.74) is 0. The second-order valence-corrected chi connectivity index (χ2v) is 17.8. The van der Waals surface area contributed by atoms with E-state index in [1.807, 2.05) is 0 Å². The Balaban J connectivity index is 4.26. The van der Waals surface area contributed by atoms with Crippen molar-refractivity contribution in [3.05, 3.63) is 0 Å². The number of hydrogen-bond donors (Lipinski definition) is 0. The molecule has 0 saturated carbocycles. The number of carbonyl (C=O) groups excluding carboxylic acids is 3. The summed E-state index contributed by atoms with van der Waals surface area (Å²) in [5.74, 6) is -0.842. The Hall–Kier alpha value is -1.59. The fourth-order valence-corrected chi connectivity index (χ4v) is 7.92. The summed E-state index contributed by atoms with van der Waals surface area (Å²) in [6.45, 7) is 6.67. The van der Waals surface area contributed by atoms with Gasteiger partial charge in [0.05, 0.1) is 0 Å². The van der Waals surface area contributed by atoms with Gasteiger partial charge in [0.15, 0.2) is 6.10 Å². The lowest BCUT2D eigenvalue weighted by molar-refractivity contribution is -0.167. The first kappa shape index (κ1) is 56.4. The highest BCUT2D eigenvalue weighted by molar-refractivity contribution is 5.71. The largest absolute Gasteiger partial charge is 0.462 e. The summed E-state index contributed by atoms with van der Waals surface area (Å²) in [4.78, 5) is 37.9. The first-order valence-electron chi connectivity index (χ1n) is 26.0. The maximum atomic E-state index is 12.8. The van der Waals surface area contributed by atoms with E-state index in [4.69, 9.17) is 14.2 Å². The van der Waals surface area contributed by atoms with Crippen LogP contribution in [0.4, 0.5) is 0 Å². The van der Waals surface area contributed by atoms with E-state index in [9.17, 15) is 14.4 Å². The number of hydrogen-bond acceptors (Lipinski definition) is 6. The molecule has 0 N–H and O–H groups in total. The molecule has 0 rings (SSSR count). The zero-order valence-corrected chi connectivity index (χ0v) is 39.3. The van der Waals surface area contributed by atoms with Crippen LogP contribution < -0.4 is 0 Å². The van der Waals surface area contributed by atoms with Crippen molar-refractivity contribution < 1.29 is 28.6 Å². The Morgan fingerprint density at radius 2 is 0.466 bits per heavy atom. The van der Waals surface area contributed by atoms with Crippen molar-refractivity contribution in [3.8, 4) is 0 Å². The number of ether oxygens (including phenoxy) is 3. The minimum absolute atomic E-state index is 0.0618. The number of rotatable bonds is 48. The molecular weight excluding hydrogens is 721 g/mol. The first-order valence-corrected chi connectivity index (χ1v) is 26.0. The molecule has 0 aliphatic carbocycles. The third kappa shape index (κ3) is 45.5. The molecule has 0 spiro atoms. The normalized spacial score (nSPS) is 11.8. The molecule has 0 unspecified atom stereocenters. The van der Waals surface area contributed by atoms with Gasteiger partial charge in [-0.25, -0.2) is 0 Å². The minimum Gasteiger partial charge on any atom is -0.462 e. The third-order valence-corrected chi connectivity index (χ3v) is 11.9. The van der Waals surface area contributed by atoms with Crippen molar-refractivity contribution in [1.29, 1.82) is 0 Å². The molecule has 0 fully saturated rings. The SMILES string of the molecule is CCCCCCCCCCCCCCCCCCCC(=O)OC[C@H](COC(=O)CCCCCCCCCCCCC)OC(=O)CCCCCCCCCCCCCC. The van der Waals surface area contributed by atoms with Crippen molar-refractivity contribution in [2.45, 2.75) is 303 Å². The Bertz CT molecular complexity index is 859. The Labute approximate surface area is 361 Å². The van der Waals surface area contributed by atoms with Gasteiger partial charge in [0.2, 0.25) is 0 Å². The summed E-state index contributed by atoms with van der Waals surface area (Å²) >= 11 is 0. The molecule has 0 saturated heterocycles. The highest BCUT2D eigenvalue weighted by Crippen LogP contribution is 2.17. The molecule has 6 heteroatoms. The van der Waals surface area contributed by atoms with Crippen LogP contribution in [0.15, 0.2) is 0 Å². The minimum atomic E-state index is -0.759. The molecule has 0 aliphatic rings. The lowest BCUT2D eigenvalue weighted by Gasteiger charge is -2.18. The average molecular weight is 821 g/mol. The molecule has 6 nitrogen and oxygen atoms in total. The van der Waals surface area contributed by atoms with Gasteiger partial charge in [-0.3, -0.25) is 14.4 Å². The topological polar surface area (TPSA) is 78.9 Å². The van der Waals surface area contributed by atoms with Gasteiger partial charge in [-0.05, 0) is 19.3 Å². The lowest BCUT2D eigenvalue weighted by Crippen LogP contribution is -2.30. The van der Waals surface area contributed by atoms with Crippen molar-refractivity contribution in [1.82, 2.24) is 0 Å². The zero-order valence-electron chi connectivity index (χ0n) is 39.3. The number of carbonyl (C=O) groups is 3. The van der Waals surface area contributed by atoms with Crippen LogP contribution in [0, 0.1) is 0 Å². The third-order valence-electron chi connectivity index (χ3n) is 11.9. The van der Waals surface area contributed by atoms with Gasteiger partial charge in [-0.15, -0.1) is 0 Å². The predicted molar refractivity (Wildman–Crippen MR) is 247 cm³/mol. The monoisotopic (exact) mass is 821 g/mol. The standard InChI is InChI=1S/C52H100O6/c1-4-7-10-13-16-19-22-24-25-26-27-28-31-33-36-39-42-45-51(54)57-48-49(47-56-50(53)44-41-38-35-32-29-21-18-15-12-9-6-3)58-52(55)46-43-40-37-34-30-23-20-17-14-11-8-5-2/h49H,4-48H2,1-3H3/t49-/m0/s1. The van der Waals surface area contributed by atoms with E-state index in [-0.39, 0.29) is 31.1 Å². The molecule has 0 radical (unpaired) electrons. The van der Waals surface area contributed by atoms with Crippen LogP contribution in [-0.4, -0.2) is 37.2 Å². The van der Waals surface area contributed by atoms with E-state index >= 15 is 0 Å². The van der Waals surface area contributed by atoms with Crippen LogP contribution >= 0.6 is 0 Å². The van der Waals surface area contributed by atoms with E-state index < -0.39 is 6.10 Å². The predicted octanol–water partition coefficient (Wildman–Crippen LogP) is 16.8. The van der Waals surface area contributed by atoms with E-state index in [0.29, 0.717) is 19.3 Å². The molecule has 0 aromatic rings. The second kappa shape index (κ2) is 48.1. The van der Waals surface area contributed by atoms with E-state index in [0.717, 1.165) is 57.8 Å². The summed E-state index contributed by atoms with van der Waals surface area (Å²) in [6, 6.07) is 0. The molecule has 0 aliphatic heterocycles. The molecule has 0 aromatic heterocycles. The number of unbranched alkanes of at least 4 members (excludes halogenated alkanes) is 37. The highest BCUT2D eigenvalue weighted by atomic mass is 16.6. The number of esters is 3. The van der Waals surface area contributed by atoms with Crippen LogP contribution in [-0.2, 0) is 28.6 Å². The molecule has 0 amide bonds. The second-order valence-electron chi connectivity index (χ2n) is 17.8. The zero-order chi connectivity index (χ0) is 42.3. The molecule has 0 aromatic carbocycles. The smallest absolute Gasteiger partial charge is 0.306 e. The Morgan fingerprint density at radius 1 is 0.276 bits per heavy atom. The van der Waals surface area contributed by atoms with Gasteiger partial charge < -0.3 is 14.2 Å². The van der Waals surface area contributed by atoms with Gasteiger partial charge >= 0.3 is 17.9 Å². The molecule has 1 atom stereocenters. The van der Waals surface area contributed by atoms with Crippen molar-refractivity contribution in [2.75, 3.05) is 13.2 Å². The van der Waals surface area contributed by atoms with E-state index in [1.54, 1.807) is 0 Å². The highest BCUT2D eigenvalue weighted by Gasteiger charge is 2.19. The Morgan fingerprint density at radius 3 is 0.690 bits per heavy atom. The van der Waals surface area contributed by atoms with Crippen LogP contribution in [0.2, 0.25) is 0 Å². The van der Waals surface area contributed by atoms with Gasteiger partial charge in [0.1, 0.15) is 13.2 Å².